The number of esters is 1. The lowest BCUT2D eigenvalue weighted by Crippen LogP contribution is -2.26. The van der Waals surface area contributed by atoms with Crippen LogP contribution in [-0.2, 0) is 4.74 Å². The van der Waals surface area contributed by atoms with Crippen LogP contribution < -0.4 is 5.32 Å². The summed E-state index contributed by atoms with van der Waals surface area (Å²) in [6, 6.07) is 0. The van der Waals surface area contributed by atoms with Crippen molar-refractivity contribution in [2.24, 2.45) is 0 Å². The quantitative estimate of drug-likeness (QED) is 0.623. The number of aromatic nitrogens is 1. The summed E-state index contributed by atoms with van der Waals surface area (Å²) in [4.78, 5) is 27.3. The number of rotatable bonds is 6. The summed E-state index contributed by atoms with van der Waals surface area (Å²) >= 11 is 0. The minimum absolute atomic E-state index is 0.169. The molecule has 5 heteroatoms. The second kappa shape index (κ2) is 7.99. The van der Waals surface area contributed by atoms with Gasteiger partial charge in [-0.3, -0.25) is 4.79 Å². The molecule has 126 valence electrons. The number of H-pyrrole nitrogens is 1. The van der Waals surface area contributed by atoms with E-state index in [0.717, 1.165) is 19.3 Å². The fourth-order valence-electron chi connectivity index (χ4n) is 3.04. The second-order valence-corrected chi connectivity index (χ2v) is 5.96. The summed E-state index contributed by atoms with van der Waals surface area (Å²) in [6.45, 7) is 6.26. The van der Waals surface area contributed by atoms with Crippen molar-refractivity contribution in [1.29, 1.82) is 0 Å². The highest BCUT2D eigenvalue weighted by molar-refractivity contribution is 6.00. The molecule has 1 aromatic heterocycles. The van der Waals surface area contributed by atoms with Gasteiger partial charge in [-0.25, -0.2) is 4.79 Å². The third kappa shape index (κ3) is 4.24. The van der Waals surface area contributed by atoms with Crippen LogP contribution in [0.4, 0.5) is 0 Å². The number of ether oxygens (including phenoxy) is 1. The molecule has 1 aromatic rings. The average molecular weight is 318 g/mol. The molecule has 1 aliphatic carbocycles. The van der Waals surface area contributed by atoms with E-state index in [4.69, 9.17) is 4.74 Å². The van der Waals surface area contributed by atoms with Crippen LogP contribution in [0.15, 0.2) is 11.6 Å². The smallest absolute Gasteiger partial charge is 0.340 e. The van der Waals surface area contributed by atoms with Gasteiger partial charge in [0.1, 0.15) is 5.69 Å². The summed E-state index contributed by atoms with van der Waals surface area (Å²) in [5.74, 6) is -0.553. The van der Waals surface area contributed by atoms with Crippen molar-refractivity contribution < 1.29 is 14.3 Å². The minimum Gasteiger partial charge on any atom is -0.462 e. The highest BCUT2D eigenvalue weighted by Gasteiger charge is 2.22. The fourth-order valence-corrected chi connectivity index (χ4v) is 3.04. The van der Waals surface area contributed by atoms with Crippen molar-refractivity contribution in [3.05, 3.63) is 34.2 Å². The zero-order valence-electron chi connectivity index (χ0n) is 14.3. The topological polar surface area (TPSA) is 71.2 Å². The van der Waals surface area contributed by atoms with Gasteiger partial charge >= 0.3 is 5.97 Å². The van der Waals surface area contributed by atoms with Crippen LogP contribution in [0.5, 0.6) is 0 Å². The Bertz CT molecular complexity index is 614. The average Bonchev–Trinajstić information content (AvgIpc) is 2.83. The summed E-state index contributed by atoms with van der Waals surface area (Å²) in [7, 11) is 0. The predicted molar refractivity (Wildman–Crippen MR) is 89.7 cm³/mol. The van der Waals surface area contributed by atoms with Crippen molar-refractivity contribution in [2.75, 3.05) is 13.2 Å². The van der Waals surface area contributed by atoms with Gasteiger partial charge in [-0.1, -0.05) is 11.6 Å². The lowest BCUT2D eigenvalue weighted by molar-refractivity contribution is 0.0525. The van der Waals surface area contributed by atoms with Crippen LogP contribution in [0, 0.1) is 13.8 Å². The summed E-state index contributed by atoms with van der Waals surface area (Å²) < 4.78 is 5.05. The van der Waals surface area contributed by atoms with Crippen molar-refractivity contribution in [1.82, 2.24) is 10.3 Å². The Morgan fingerprint density at radius 3 is 2.74 bits per heavy atom. The Labute approximate surface area is 137 Å². The third-order valence-corrected chi connectivity index (χ3v) is 4.26. The van der Waals surface area contributed by atoms with E-state index < -0.39 is 0 Å². The first-order valence-corrected chi connectivity index (χ1v) is 8.37. The Kier molecular flexibility index (Phi) is 6.02. The van der Waals surface area contributed by atoms with Crippen LogP contribution in [0.1, 0.15) is 71.1 Å². The minimum atomic E-state index is -0.384. The molecule has 0 unspecified atom stereocenters. The lowest BCUT2D eigenvalue weighted by atomic mass is 9.97. The van der Waals surface area contributed by atoms with E-state index in [1.165, 1.54) is 18.4 Å². The Morgan fingerprint density at radius 2 is 2.09 bits per heavy atom. The van der Waals surface area contributed by atoms with Gasteiger partial charge < -0.3 is 15.0 Å². The highest BCUT2D eigenvalue weighted by Crippen LogP contribution is 2.20. The molecule has 0 bridgehead atoms. The van der Waals surface area contributed by atoms with Crippen molar-refractivity contribution in [3.8, 4) is 0 Å². The van der Waals surface area contributed by atoms with E-state index in [1.54, 1.807) is 20.8 Å². The summed E-state index contributed by atoms with van der Waals surface area (Å²) in [6.07, 6.45) is 8.00. The number of carbonyl (C=O) groups is 2. The molecule has 0 atom stereocenters. The van der Waals surface area contributed by atoms with E-state index in [0.29, 0.717) is 35.7 Å². The molecule has 0 aliphatic heterocycles. The van der Waals surface area contributed by atoms with Crippen molar-refractivity contribution >= 4 is 11.9 Å². The first-order valence-electron chi connectivity index (χ1n) is 8.37. The molecule has 0 radical (unpaired) electrons. The normalized spacial score (nSPS) is 14.3. The number of allylic oxidation sites excluding steroid dienone is 1. The van der Waals surface area contributed by atoms with Gasteiger partial charge in [0, 0.05) is 12.2 Å². The zero-order chi connectivity index (χ0) is 16.8. The molecule has 2 rings (SSSR count). The fraction of sp³-hybridized carbons (Fsp3) is 0.556. The largest absolute Gasteiger partial charge is 0.462 e. The maximum Gasteiger partial charge on any atom is 0.340 e. The monoisotopic (exact) mass is 318 g/mol. The van der Waals surface area contributed by atoms with Gasteiger partial charge in [0.25, 0.3) is 5.91 Å². The maximum atomic E-state index is 12.3. The van der Waals surface area contributed by atoms with E-state index >= 15 is 0 Å². The van der Waals surface area contributed by atoms with E-state index in [1.807, 2.05) is 0 Å². The molecule has 1 aliphatic rings. The van der Waals surface area contributed by atoms with E-state index in [9.17, 15) is 9.59 Å². The lowest BCUT2D eigenvalue weighted by Gasteiger charge is -2.12. The van der Waals surface area contributed by atoms with Gasteiger partial charge in [-0.15, -0.1) is 0 Å². The van der Waals surface area contributed by atoms with Gasteiger partial charge in [0.15, 0.2) is 0 Å². The number of aromatic amines is 1. The number of hydrogen-bond donors (Lipinski definition) is 2. The van der Waals surface area contributed by atoms with Crippen molar-refractivity contribution in [3.63, 3.8) is 0 Å². The number of nitrogens with one attached hydrogen (secondary N) is 2. The summed E-state index contributed by atoms with van der Waals surface area (Å²) in [5, 5.41) is 2.94. The van der Waals surface area contributed by atoms with Crippen LogP contribution >= 0.6 is 0 Å². The second-order valence-electron chi connectivity index (χ2n) is 5.96. The van der Waals surface area contributed by atoms with Crippen LogP contribution in [-0.4, -0.2) is 30.0 Å². The van der Waals surface area contributed by atoms with Crippen LogP contribution in [0.3, 0.4) is 0 Å². The highest BCUT2D eigenvalue weighted by atomic mass is 16.5. The summed E-state index contributed by atoms with van der Waals surface area (Å²) in [5.41, 5.74) is 3.66. The van der Waals surface area contributed by atoms with Gasteiger partial charge in [0.2, 0.25) is 0 Å². The van der Waals surface area contributed by atoms with Crippen LogP contribution in [0.25, 0.3) is 0 Å². The number of aryl methyl sites for hydroxylation is 1. The third-order valence-electron chi connectivity index (χ3n) is 4.26. The van der Waals surface area contributed by atoms with Crippen molar-refractivity contribution in [2.45, 2.75) is 52.9 Å². The zero-order valence-corrected chi connectivity index (χ0v) is 14.3. The number of amides is 1. The predicted octanol–water partition coefficient (Wildman–Crippen LogP) is 3.43. The molecule has 0 saturated heterocycles. The maximum absolute atomic E-state index is 12.3. The Balaban J connectivity index is 1.98. The molecule has 0 aromatic carbocycles. The number of carbonyl (C=O) groups excluding carboxylic acids is 2. The Morgan fingerprint density at radius 1 is 1.30 bits per heavy atom. The first kappa shape index (κ1) is 17.3. The molecule has 0 saturated carbocycles. The molecule has 1 amide bonds. The molecule has 2 N–H and O–H groups in total. The van der Waals surface area contributed by atoms with Gasteiger partial charge in [0.05, 0.1) is 12.2 Å². The molecule has 0 fully saturated rings. The van der Waals surface area contributed by atoms with E-state index in [-0.39, 0.29) is 11.9 Å². The van der Waals surface area contributed by atoms with Crippen LogP contribution in [0.2, 0.25) is 0 Å². The molecule has 5 nitrogen and oxygen atoms in total. The first-order chi connectivity index (χ1) is 11.0. The van der Waals surface area contributed by atoms with Gasteiger partial charge in [-0.05, 0) is 58.4 Å². The molecule has 1 heterocycles. The SMILES string of the molecule is CCOC(=O)c1c(C)[nH]c(C(=O)NCCC2=CCCCC2)c1C. The standard InChI is InChI=1S/C18H26N2O3/c1-4-23-18(22)15-12(2)16(20-13(15)3)17(21)19-11-10-14-8-6-5-7-9-14/h8,20H,4-7,9-11H2,1-3H3,(H,19,21). The van der Waals surface area contributed by atoms with E-state index in [2.05, 4.69) is 16.4 Å². The Hall–Kier alpha value is -2.04. The molecular formula is C18H26N2O3. The molecule has 23 heavy (non-hydrogen) atoms. The van der Waals surface area contributed by atoms with Gasteiger partial charge in [-0.2, -0.15) is 0 Å². The molecule has 0 spiro atoms. The number of hydrogen-bond acceptors (Lipinski definition) is 3. The molecular weight excluding hydrogens is 292 g/mol.